The van der Waals surface area contributed by atoms with Crippen molar-refractivity contribution in [2.75, 3.05) is 18.4 Å². The fourth-order valence-electron chi connectivity index (χ4n) is 2.57. The van der Waals surface area contributed by atoms with Gasteiger partial charge in [0.25, 0.3) is 11.5 Å². The molecule has 2 N–H and O–H groups in total. The van der Waals surface area contributed by atoms with Gasteiger partial charge in [0.2, 0.25) is 0 Å². The number of carbonyl (C=O) groups excluding carboxylic acids is 1. The number of thiocarbonyl (C=S) groups is 1. The molecule has 1 amide bonds. The Bertz CT molecular complexity index is 1060. The topological polar surface area (TPSA) is 104 Å². The van der Waals surface area contributed by atoms with Gasteiger partial charge in [0.1, 0.15) is 22.3 Å². The highest BCUT2D eigenvalue weighted by molar-refractivity contribution is 8.26. The van der Waals surface area contributed by atoms with Crippen LogP contribution < -0.4 is 10.9 Å². The number of pyridine rings is 1. The molecule has 0 saturated carbocycles. The van der Waals surface area contributed by atoms with Crippen molar-refractivity contribution < 1.29 is 14.7 Å². The van der Waals surface area contributed by atoms with Crippen LogP contribution in [0.1, 0.15) is 19.4 Å². The zero-order valence-electron chi connectivity index (χ0n) is 15.2. The fraction of sp³-hybridized carbons (Fsp3) is 0.278. The highest BCUT2D eigenvalue weighted by atomic mass is 32.2. The van der Waals surface area contributed by atoms with E-state index in [0.29, 0.717) is 23.9 Å². The number of rotatable bonds is 6. The number of carboxylic acid groups (broad SMARTS) is 1. The highest BCUT2D eigenvalue weighted by Crippen LogP contribution is 2.32. The molecule has 3 heterocycles. The van der Waals surface area contributed by atoms with Gasteiger partial charge in [-0.25, -0.2) is 4.98 Å². The number of aliphatic carboxylic acids is 1. The van der Waals surface area contributed by atoms with E-state index in [2.05, 4.69) is 10.3 Å². The number of anilines is 1. The van der Waals surface area contributed by atoms with Gasteiger partial charge in [0, 0.05) is 12.7 Å². The van der Waals surface area contributed by atoms with Gasteiger partial charge >= 0.3 is 5.97 Å². The molecule has 1 saturated heterocycles. The van der Waals surface area contributed by atoms with E-state index in [4.69, 9.17) is 17.3 Å². The highest BCUT2D eigenvalue weighted by Gasteiger charge is 2.34. The number of aromatic nitrogens is 2. The van der Waals surface area contributed by atoms with Crippen molar-refractivity contribution in [1.29, 1.82) is 0 Å². The van der Waals surface area contributed by atoms with Crippen LogP contribution in [0.5, 0.6) is 0 Å². The monoisotopic (exact) mass is 418 g/mol. The Morgan fingerprint density at radius 2 is 2.14 bits per heavy atom. The molecule has 0 spiro atoms. The van der Waals surface area contributed by atoms with Crippen LogP contribution in [0, 0.1) is 5.92 Å². The molecule has 2 aromatic heterocycles. The van der Waals surface area contributed by atoms with Crippen molar-refractivity contribution in [1.82, 2.24) is 14.3 Å². The average molecular weight is 419 g/mol. The van der Waals surface area contributed by atoms with E-state index in [0.717, 1.165) is 16.7 Å². The number of fused-ring (bicyclic) bond motifs is 1. The quantitative estimate of drug-likeness (QED) is 0.543. The van der Waals surface area contributed by atoms with Crippen LogP contribution in [0.15, 0.2) is 34.1 Å². The molecule has 10 heteroatoms. The van der Waals surface area contributed by atoms with Gasteiger partial charge in [-0.1, -0.05) is 43.9 Å². The van der Waals surface area contributed by atoms with Crippen molar-refractivity contribution in [2.45, 2.75) is 13.8 Å². The van der Waals surface area contributed by atoms with E-state index >= 15 is 0 Å². The van der Waals surface area contributed by atoms with Crippen molar-refractivity contribution in [2.24, 2.45) is 5.92 Å². The minimum atomic E-state index is -1.16. The normalized spacial score (nSPS) is 15.8. The number of amides is 1. The zero-order valence-corrected chi connectivity index (χ0v) is 16.8. The molecule has 8 nitrogen and oxygen atoms in total. The standard InChI is InChI=1S/C18H18N4O4S2/c1-10(2)8-19-15-11(16(25)21-6-4-3-5-13(21)20-15)7-12-17(26)22(9-14(23)24)18(27)28-12/h3-7,10,19H,8-9H2,1-2H3,(H,23,24)/b12-7+. The summed E-state index contributed by atoms with van der Waals surface area (Å²) in [5, 5.41) is 12.1. The lowest BCUT2D eigenvalue weighted by molar-refractivity contribution is -0.140. The molecule has 1 aliphatic rings. The number of nitrogens with one attached hydrogen (secondary N) is 1. The van der Waals surface area contributed by atoms with Crippen molar-refractivity contribution in [3.63, 3.8) is 0 Å². The Labute approximate surface area is 170 Å². The van der Waals surface area contributed by atoms with Gasteiger partial charge in [-0.2, -0.15) is 0 Å². The molecule has 1 aliphatic heterocycles. The van der Waals surface area contributed by atoms with Gasteiger partial charge in [-0.3, -0.25) is 23.7 Å². The van der Waals surface area contributed by atoms with Gasteiger partial charge in [0.05, 0.1) is 10.5 Å². The summed E-state index contributed by atoms with van der Waals surface area (Å²) in [7, 11) is 0. The molecule has 28 heavy (non-hydrogen) atoms. The largest absolute Gasteiger partial charge is 0.480 e. The zero-order chi connectivity index (χ0) is 20.4. The maximum atomic E-state index is 13.0. The smallest absolute Gasteiger partial charge is 0.323 e. The van der Waals surface area contributed by atoms with Crippen molar-refractivity contribution in [3.8, 4) is 0 Å². The maximum absolute atomic E-state index is 13.0. The Morgan fingerprint density at radius 1 is 1.39 bits per heavy atom. The van der Waals surface area contributed by atoms with Crippen LogP contribution in [-0.2, 0) is 9.59 Å². The third-order valence-corrected chi connectivity index (χ3v) is 5.27. The average Bonchev–Trinajstić information content (AvgIpc) is 2.89. The summed E-state index contributed by atoms with van der Waals surface area (Å²) in [4.78, 5) is 42.2. The molecule has 0 aliphatic carbocycles. The second-order valence-corrected chi connectivity index (χ2v) is 8.22. The molecule has 0 unspecified atom stereocenters. The van der Waals surface area contributed by atoms with E-state index in [-0.39, 0.29) is 20.3 Å². The molecular weight excluding hydrogens is 400 g/mol. The predicted octanol–water partition coefficient (Wildman–Crippen LogP) is 2.05. The van der Waals surface area contributed by atoms with Crippen LogP contribution in [0.4, 0.5) is 5.82 Å². The number of hydrogen-bond donors (Lipinski definition) is 2. The number of hydrogen-bond acceptors (Lipinski definition) is 7. The van der Waals surface area contributed by atoms with Gasteiger partial charge in [-0.15, -0.1) is 0 Å². The first-order valence-electron chi connectivity index (χ1n) is 8.50. The van der Waals surface area contributed by atoms with Crippen LogP contribution in [0.2, 0.25) is 0 Å². The third-order valence-electron chi connectivity index (χ3n) is 3.89. The lowest BCUT2D eigenvalue weighted by atomic mass is 10.2. The van der Waals surface area contributed by atoms with Crippen molar-refractivity contribution >= 4 is 57.7 Å². The van der Waals surface area contributed by atoms with Crippen LogP contribution in [-0.4, -0.2) is 48.7 Å². The van der Waals surface area contributed by atoms with Gasteiger partial charge in [-0.05, 0) is 24.1 Å². The molecule has 1 fully saturated rings. The number of thioether (sulfide) groups is 1. The Morgan fingerprint density at radius 3 is 2.82 bits per heavy atom. The number of carboxylic acids is 1. The first-order chi connectivity index (χ1) is 13.3. The Hall–Kier alpha value is -2.72. The summed E-state index contributed by atoms with van der Waals surface area (Å²) in [6, 6.07) is 5.22. The van der Waals surface area contributed by atoms with E-state index in [9.17, 15) is 14.4 Å². The van der Waals surface area contributed by atoms with Crippen LogP contribution in [0.25, 0.3) is 11.7 Å². The first-order valence-corrected chi connectivity index (χ1v) is 9.73. The number of carbonyl (C=O) groups is 2. The van der Waals surface area contributed by atoms with Crippen molar-refractivity contribution in [3.05, 3.63) is 45.2 Å². The second-order valence-electron chi connectivity index (χ2n) is 6.54. The molecular formula is C18H18N4O4S2. The predicted molar refractivity (Wildman–Crippen MR) is 112 cm³/mol. The summed E-state index contributed by atoms with van der Waals surface area (Å²) in [5.41, 5.74) is 0.370. The van der Waals surface area contributed by atoms with Crippen LogP contribution >= 0.6 is 24.0 Å². The molecule has 146 valence electrons. The summed E-state index contributed by atoms with van der Waals surface area (Å²) in [6.07, 6.45) is 3.03. The second kappa shape index (κ2) is 8.11. The Kier molecular flexibility index (Phi) is 5.80. The van der Waals surface area contributed by atoms with E-state index in [1.54, 1.807) is 24.4 Å². The summed E-state index contributed by atoms with van der Waals surface area (Å²) < 4.78 is 1.54. The van der Waals surface area contributed by atoms with E-state index in [1.165, 1.54) is 10.5 Å². The number of nitrogens with zero attached hydrogens (tertiary/aromatic N) is 3. The van der Waals surface area contributed by atoms with Gasteiger partial charge < -0.3 is 10.4 Å². The Balaban J connectivity index is 2.09. The minimum Gasteiger partial charge on any atom is -0.480 e. The molecule has 2 aromatic rings. The third kappa shape index (κ3) is 4.07. The summed E-state index contributed by atoms with van der Waals surface area (Å²) >= 11 is 6.07. The molecule has 0 atom stereocenters. The molecule has 3 rings (SSSR count). The van der Waals surface area contributed by atoms with Gasteiger partial charge in [0.15, 0.2) is 0 Å². The SMILES string of the molecule is CC(C)CNc1nc2ccccn2c(=O)c1/C=C1/SC(=S)N(CC(=O)O)C1=O. The van der Waals surface area contributed by atoms with E-state index < -0.39 is 18.4 Å². The first kappa shape index (κ1) is 20.0. The summed E-state index contributed by atoms with van der Waals surface area (Å²) in [6.45, 7) is 4.13. The minimum absolute atomic E-state index is 0.143. The lowest BCUT2D eigenvalue weighted by Gasteiger charge is -2.12. The van der Waals surface area contributed by atoms with E-state index in [1.807, 2.05) is 13.8 Å². The summed E-state index contributed by atoms with van der Waals surface area (Å²) in [5.74, 6) is -1.01. The fourth-order valence-corrected chi connectivity index (χ4v) is 3.81. The maximum Gasteiger partial charge on any atom is 0.323 e. The lowest BCUT2D eigenvalue weighted by Crippen LogP contribution is -2.33. The molecule has 0 aromatic carbocycles. The van der Waals surface area contributed by atoms with Crippen LogP contribution in [0.3, 0.4) is 0 Å². The molecule has 0 bridgehead atoms. The molecule has 0 radical (unpaired) electrons.